The normalized spacial score (nSPS) is 11.5. The predicted molar refractivity (Wildman–Crippen MR) is 111 cm³/mol. The van der Waals surface area contributed by atoms with Gasteiger partial charge in [0.25, 0.3) is 0 Å². The van der Waals surface area contributed by atoms with E-state index in [9.17, 15) is 9.59 Å². The monoisotopic (exact) mass is 369 g/mol. The Morgan fingerprint density at radius 1 is 0.821 bits per heavy atom. The zero-order valence-corrected chi connectivity index (χ0v) is 15.1. The van der Waals surface area contributed by atoms with E-state index in [1.54, 1.807) is 30.5 Å². The highest BCUT2D eigenvalue weighted by Gasteiger charge is 2.08. The highest BCUT2D eigenvalue weighted by Crippen LogP contribution is 2.26. The maximum absolute atomic E-state index is 11.6. The molecule has 4 N–H and O–H groups in total. The minimum Gasteiger partial charge on any atom is -0.366 e. The van der Waals surface area contributed by atoms with Gasteiger partial charge < -0.3 is 11.5 Å². The number of nitrogens with two attached hydrogens (primary N) is 2. The van der Waals surface area contributed by atoms with Crippen LogP contribution in [0, 0.1) is 0 Å². The van der Waals surface area contributed by atoms with Crippen LogP contribution < -0.4 is 11.5 Å². The predicted octanol–water partition coefficient (Wildman–Crippen LogP) is 3.27. The van der Waals surface area contributed by atoms with Gasteiger partial charge in [-0.05, 0) is 52.6 Å². The summed E-state index contributed by atoms with van der Waals surface area (Å²) >= 11 is 0. The van der Waals surface area contributed by atoms with Crippen LogP contribution >= 0.6 is 0 Å². The lowest BCUT2D eigenvalue weighted by atomic mass is 9.95. The van der Waals surface area contributed by atoms with Gasteiger partial charge in [-0.3, -0.25) is 14.6 Å². The molecule has 2 aromatic carbocycles. The van der Waals surface area contributed by atoms with Crippen LogP contribution in [0.15, 0.2) is 79.0 Å². The standard InChI is InChI=1S/C23H19N3O2/c24-22(27)12-10-16-9-11-20(26-15-16)14-21(17-5-2-1-3-6-17)18-7-4-8-19(13-18)23(25)28/h1-15H,(H2,24,27)(H2,25,28)/b12-10+,21-14+. The summed E-state index contributed by atoms with van der Waals surface area (Å²) in [6.45, 7) is 0. The number of carbonyl (C=O) groups excluding carboxylic acids is 2. The van der Waals surface area contributed by atoms with Crippen LogP contribution in [-0.4, -0.2) is 16.8 Å². The quantitative estimate of drug-likeness (QED) is 0.652. The Morgan fingerprint density at radius 2 is 1.54 bits per heavy atom. The number of rotatable bonds is 6. The molecule has 0 bridgehead atoms. The van der Waals surface area contributed by atoms with E-state index in [1.165, 1.54) is 6.08 Å². The Balaban J connectivity index is 2.04. The Kier molecular flexibility index (Phi) is 5.77. The van der Waals surface area contributed by atoms with Crippen LogP contribution in [0.3, 0.4) is 0 Å². The van der Waals surface area contributed by atoms with Crippen molar-refractivity contribution in [1.82, 2.24) is 4.98 Å². The zero-order valence-electron chi connectivity index (χ0n) is 15.1. The third-order valence-electron chi connectivity index (χ3n) is 4.08. The summed E-state index contributed by atoms with van der Waals surface area (Å²) in [5.41, 5.74) is 15.3. The molecule has 1 heterocycles. The topological polar surface area (TPSA) is 99.1 Å². The van der Waals surface area contributed by atoms with E-state index in [-0.39, 0.29) is 0 Å². The highest BCUT2D eigenvalue weighted by atomic mass is 16.1. The third-order valence-corrected chi connectivity index (χ3v) is 4.08. The molecule has 28 heavy (non-hydrogen) atoms. The van der Waals surface area contributed by atoms with Crippen LogP contribution in [-0.2, 0) is 4.79 Å². The molecule has 5 nitrogen and oxygen atoms in total. The van der Waals surface area contributed by atoms with Crippen molar-refractivity contribution < 1.29 is 9.59 Å². The van der Waals surface area contributed by atoms with Crippen molar-refractivity contribution >= 4 is 29.5 Å². The summed E-state index contributed by atoms with van der Waals surface area (Å²) in [6, 6.07) is 20.7. The van der Waals surface area contributed by atoms with Crippen molar-refractivity contribution in [3.8, 4) is 0 Å². The molecule has 3 aromatic rings. The van der Waals surface area contributed by atoms with Crippen molar-refractivity contribution in [1.29, 1.82) is 0 Å². The number of hydrogen-bond acceptors (Lipinski definition) is 3. The van der Waals surface area contributed by atoms with Crippen molar-refractivity contribution in [3.05, 3.63) is 107 Å². The molecule has 1 aromatic heterocycles. The second-order valence-electron chi connectivity index (χ2n) is 6.12. The number of carbonyl (C=O) groups is 2. The summed E-state index contributed by atoms with van der Waals surface area (Å²) in [7, 11) is 0. The first-order valence-electron chi connectivity index (χ1n) is 8.64. The molecule has 0 saturated carbocycles. The Labute approximate surface area is 163 Å². The van der Waals surface area contributed by atoms with Crippen LogP contribution in [0.4, 0.5) is 0 Å². The van der Waals surface area contributed by atoms with Crippen LogP contribution in [0.1, 0.15) is 32.7 Å². The van der Waals surface area contributed by atoms with E-state index < -0.39 is 11.8 Å². The summed E-state index contributed by atoms with van der Waals surface area (Å²) < 4.78 is 0. The highest BCUT2D eigenvalue weighted by molar-refractivity contribution is 5.96. The fraction of sp³-hybridized carbons (Fsp3) is 0. The smallest absolute Gasteiger partial charge is 0.248 e. The van der Waals surface area contributed by atoms with Gasteiger partial charge in [-0.15, -0.1) is 0 Å². The van der Waals surface area contributed by atoms with Gasteiger partial charge in [-0.25, -0.2) is 0 Å². The molecule has 0 aliphatic carbocycles. The summed E-state index contributed by atoms with van der Waals surface area (Å²) in [5.74, 6) is -0.984. The number of hydrogen-bond donors (Lipinski definition) is 2. The molecular formula is C23H19N3O2. The fourth-order valence-corrected chi connectivity index (χ4v) is 2.72. The van der Waals surface area contributed by atoms with Crippen molar-refractivity contribution in [2.24, 2.45) is 11.5 Å². The molecule has 0 radical (unpaired) electrons. The lowest BCUT2D eigenvalue weighted by Gasteiger charge is -2.10. The average Bonchev–Trinajstić information content (AvgIpc) is 2.72. The molecule has 138 valence electrons. The van der Waals surface area contributed by atoms with Crippen LogP contribution in [0.25, 0.3) is 17.7 Å². The second kappa shape index (κ2) is 8.60. The number of primary amides is 2. The third kappa shape index (κ3) is 4.80. The van der Waals surface area contributed by atoms with Gasteiger partial charge >= 0.3 is 0 Å². The summed E-state index contributed by atoms with van der Waals surface area (Å²) in [4.78, 5) is 26.8. The molecule has 0 unspecified atom stereocenters. The largest absolute Gasteiger partial charge is 0.366 e. The summed E-state index contributed by atoms with van der Waals surface area (Å²) in [5, 5.41) is 0. The minimum atomic E-state index is -0.510. The summed E-state index contributed by atoms with van der Waals surface area (Å²) in [6.07, 6.45) is 6.50. The molecule has 5 heteroatoms. The first-order chi connectivity index (χ1) is 13.5. The minimum absolute atomic E-state index is 0.444. The Hall–Kier alpha value is -3.99. The molecule has 2 amide bonds. The van der Waals surface area contributed by atoms with Gasteiger partial charge in [-0.1, -0.05) is 48.5 Å². The number of pyridine rings is 1. The number of benzene rings is 2. The number of aromatic nitrogens is 1. The van der Waals surface area contributed by atoms with Crippen molar-refractivity contribution in [2.45, 2.75) is 0 Å². The lowest BCUT2D eigenvalue weighted by Crippen LogP contribution is -2.10. The molecule has 0 atom stereocenters. The lowest BCUT2D eigenvalue weighted by molar-refractivity contribution is -0.113. The maximum atomic E-state index is 11.6. The SMILES string of the molecule is NC(=O)/C=C/c1ccc(/C=C(\c2ccccc2)c2cccc(C(N)=O)c2)nc1. The molecule has 3 rings (SSSR count). The van der Waals surface area contributed by atoms with Gasteiger partial charge in [0.2, 0.25) is 11.8 Å². The fourth-order valence-electron chi connectivity index (χ4n) is 2.72. The molecule has 0 aliphatic rings. The zero-order chi connectivity index (χ0) is 19.9. The van der Waals surface area contributed by atoms with Crippen molar-refractivity contribution in [2.75, 3.05) is 0 Å². The molecule has 0 aliphatic heterocycles. The number of amides is 2. The van der Waals surface area contributed by atoms with E-state index in [4.69, 9.17) is 11.5 Å². The Bertz CT molecular complexity index is 1050. The second-order valence-corrected chi connectivity index (χ2v) is 6.12. The molecule has 0 spiro atoms. The molecule has 0 saturated heterocycles. The number of nitrogens with zero attached hydrogens (tertiary/aromatic N) is 1. The van der Waals surface area contributed by atoms with Gasteiger partial charge in [-0.2, -0.15) is 0 Å². The van der Waals surface area contributed by atoms with Gasteiger partial charge in [0.15, 0.2) is 0 Å². The van der Waals surface area contributed by atoms with E-state index in [0.717, 1.165) is 28.0 Å². The van der Waals surface area contributed by atoms with Gasteiger partial charge in [0.05, 0.1) is 5.69 Å². The maximum Gasteiger partial charge on any atom is 0.248 e. The first-order valence-corrected chi connectivity index (χ1v) is 8.64. The molecule has 0 fully saturated rings. The van der Waals surface area contributed by atoms with Crippen LogP contribution in [0.5, 0.6) is 0 Å². The molecular weight excluding hydrogens is 350 g/mol. The van der Waals surface area contributed by atoms with Gasteiger partial charge in [0, 0.05) is 17.8 Å². The van der Waals surface area contributed by atoms with E-state index >= 15 is 0 Å². The van der Waals surface area contributed by atoms with Crippen molar-refractivity contribution in [3.63, 3.8) is 0 Å². The first kappa shape index (κ1) is 18.8. The van der Waals surface area contributed by atoms with E-state index in [1.807, 2.05) is 54.6 Å². The van der Waals surface area contributed by atoms with Crippen LogP contribution in [0.2, 0.25) is 0 Å². The van der Waals surface area contributed by atoms with Gasteiger partial charge in [0.1, 0.15) is 0 Å². The van der Waals surface area contributed by atoms with E-state index in [2.05, 4.69) is 4.98 Å². The van der Waals surface area contributed by atoms with E-state index in [0.29, 0.717) is 5.56 Å². The average molecular weight is 369 g/mol. The Morgan fingerprint density at radius 3 is 2.18 bits per heavy atom.